The molecule has 3 heterocycles. The third-order valence-corrected chi connectivity index (χ3v) is 6.48. The van der Waals surface area contributed by atoms with Crippen LogP contribution in [0.3, 0.4) is 0 Å². The Hall–Kier alpha value is -2.30. The molecule has 168 valence electrons. The molecule has 0 aliphatic carbocycles. The van der Waals surface area contributed by atoms with Crippen molar-refractivity contribution in [3.05, 3.63) is 41.0 Å². The number of benzene rings is 1. The van der Waals surface area contributed by atoms with Crippen molar-refractivity contribution in [1.82, 2.24) is 19.6 Å². The highest BCUT2D eigenvalue weighted by Gasteiger charge is 2.24. The number of halogens is 1. The van der Waals surface area contributed by atoms with Crippen LogP contribution in [0.25, 0.3) is 0 Å². The summed E-state index contributed by atoms with van der Waals surface area (Å²) in [6.45, 7) is 5.59. The first-order chi connectivity index (χ1) is 14.8. The fourth-order valence-corrected chi connectivity index (χ4v) is 4.76. The van der Waals surface area contributed by atoms with Gasteiger partial charge in [0, 0.05) is 58.1 Å². The second-order valence-corrected chi connectivity index (χ2v) is 10.2. The van der Waals surface area contributed by atoms with Crippen molar-refractivity contribution in [1.29, 1.82) is 0 Å². The zero-order chi connectivity index (χ0) is 22.0. The van der Waals surface area contributed by atoms with Crippen LogP contribution in [0, 0.1) is 0 Å². The van der Waals surface area contributed by atoms with Crippen molar-refractivity contribution in [3.63, 3.8) is 0 Å². The molecular weight excluding hydrogens is 440 g/mol. The van der Waals surface area contributed by atoms with E-state index in [9.17, 15) is 13.2 Å². The molecule has 0 bridgehead atoms. The predicted molar refractivity (Wildman–Crippen MR) is 121 cm³/mol. The average molecular weight is 467 g/mol. The Morgan fingerprint density at radius 2 is 1.81 bits per heavy atom. The minimum atomic E-state index is -3.43. The minimum Gasteiger partial charge on any atom is -0.370 e. The molecule has 2 saturated heterocycles. The largest absolute Gasteiger partial charge is 0.370 e. The molecule has 2 aromatic rings. The van der Waals surface area contributed by atoms with Gasteiger partial charge in [-0.1, -0.05) is 17.7 Å². The Morgan fingerprint density at radius 1 is 1.10 bits per heavy atom. The summed E-state index contributed by atoms with van der Waals surface area (Å²) in [6, 6.07) is 7.44. The van der Waals surface area contributed by atoms with Crippen LogP contribution in [-0.2, 0) is 16.6 Å². The number of hydrogen-bond acceptors (Lipinski definition) is 6. The van der Waals surface area contributed by atoms with Crippen LogP contribution in [0.2, 0.25) is 5.02 Å². The number of carbonyl (C=O) groups excluding carboxylic acids is 1. The average Bonchev–Trinajstić information content (AvgIpc) is 3.40. The lowest BCUT2D eigenvalue weighted by Crippen LogP contribution is -2.49. The summed E-state index contributed by atoms with van der Waals surface area (Å²) in [6.07, 6.45) is 4.93. The van der Waals surface area contributed by atoms with E-state index in [2.05, 4.69) is 31.8 Å². The van der Waals surface area contributed by atoms with Crippen molar-refractivity contribution in [2.75, 3.05) is 55.1 Å². The molecule has 1 aromatic heterocycles. The van der Waals surface area contributed by atoms with Crippen LogP contribution in [0.5, 0.6) is 0 Å². The number of sulfonamides is 1. The number of nitrogens with one attached hydrogen (secondary N) is 1. The van der Waals surface area contributed by atoms with Crippen LogP contribution >= 0.6 is 11.6 Å². The maximum Gasteiger partial charge on any atom is 0.344 e. The van der Waals surface area contributed by atoms with E-state index >= 15 is 0 Å². The van der Waals surface area contributed by atoms with E-state index in [0.717, 1.165) is 49.7 Å². The summed E-state index contributed by atoms with van der Waals surface area (Å²) in [4.78, 5) is 19.1. The third-order valence-electron chi connectivity index (χ3n) is 5.58. The van der Waals surface area contributed by atoms with Gasteiger partial charge >= 0.3 is 6.03 Å². The molecule has 0 atom stereocenters. The van der Waals surface area contributed by atoms with Gasteiger partial charge in [-0.25, -0.2) is 13.2 Å². The fraction of sp³-hybridized carbons (Fsp3) is 0.500. The van der Waals surface area contributed by atoms with E-state index in [1.54, 1.807) is 4.90 Å². The van der Waals surface area contributed by atoms with Crippen LogP contribution in [0.1, 0.15) is 18.4 Å². The highest BCUT2D eigenvalue weighted by molar-refractivity contribution is 7.92. The monoisotopic (exact) mass is 466 g/mol. The molecule has 0 saturated carbocycles. The summed E-state index contributed by atoms with van der Waals surface area (Å²) in [5.41, 5.74) is 2.33. The molecule has 1 N–H and O–H groups in total. The number of piperazine rings is 1. The standard InChI is InChI=1S/C20H27ClN6O3S/c1-31(29,30)23-19-6-9-27(22-19)20(28)26-12-10-24(11-13-26)15-16-4-5-17(21)18(14-16)25-7-2-3-8-25/h4-6,9,14H,2-3,7-8,10-13,15H2,1H3,(H,22,23). The van der Waals surface area contributed by atoms with Crippen molar-refractivity contribution in [2.45, 2.75) is 19.4 Å². The first kappa shape index (κ1) is 21.9. The Balaban J connectivity index is 1.33. The van der Waals surface area contributed by atoms with Crippen LogP contribution < -0.4 is 9.62 Å². The van der Waals surface area contributed by atoms with E-state index in [4.69, 9.17) is 11.6 Å². The predicted octanol–water partition coefficient (Wildman–Crippen LogP) is 2.29. The van der Waals surface area contributed by atoms with E-state index in [0.29, 0.717) is 13.1 Å². The molecule has 2 aliphatic rings. The second kappa shape index (κ2) is 9.05. The zero-order valence-corrected chi connectivity index (χ0v) is 19.1. The van der Waals surface area contributed by atoms with Crippen molar-refractivity contribution < 1.29 is 13.2 Å². The summed E-state index contributed by atoms with van der Waals surface area (Å²) < 4.78 is 26.1. The van der Waals surface area contributed by atoms with Gasteiger partial charge in [-0.2, -0.15) is 4.68 Å². The fourth-order valence-electron chi connectivity index (χ4n) is 4.03. The molecule has 31 heavy (non-hydrogen) atoms. The Morgan fingerprint density at radius 3 is 2.48 bits per heavy atom. The van der Waals surface area contributed by atoms with Gasteiger partial charge in [-0.15, -0.1) is 5.10 Å². The number of carbonyl (C=O) groups is 1. The van der Waals surface area contributed by atoms with Crippen molar-refractivity contribution in [2.24, 2.45) is 0 Å². The third kappa shape index (κ3) is 5.50. The number of aromatic nitrogens is 2. The van der Waals surface area contributed by atoms with Gasteiger partial charge in [0.05, 0.1) is 17.0 Å². The number of rotatable bonds is 5. The number of anilines is 2. The molecule has 0 spiro atoms. The highest BCUT2D eigenvalue weighted by Crippen LogP contribution is 2.30. The Labute approximate surface area is 187 Å². The van der Waals surface area contributed by atoms with Crippen LogP contribution in [0.15, 0.2) is 30.5 Å². The number of amides is 1. The quantitative estimate of drug-likeness (QED) is 0.727. The lowest BCUT2D eigenvalue weighted by Gasteiger charge is -2.34. The molecule has 11 heteroatoms. The highest BCUT2D eigenvalue weighted by atomic mass is 35.5. The summed E-state index contributed by atoms with van der Waals surface area (Å²) in [5.74, 6) is 0.131. The van der Waals surface area contributed by atoms with Gasteiger partial charge in [0.2, 0.25) is 10.0 Å². The molecular formula is C20H27ClN6O3S. The first-order valence-electron chi connectivity index (χ1n) is 10.4. The van der Waals surface area contributed by atoms with Crippen LogP contribution in [0.4, 0.5) is 16.3 Å². The number of nitrogens with zero attached hydrogens (tertiary/aromatic N) is 5. The van der Waals surface area contributed by atoms with Gasteiger partial charge in [0.1, 0.15) is 0 Å². The lowest BCUT2D eigenvalue weighted by atomic mass is 10.1. The van der Waals surface area contributed by atoms with E-state index < -0.39 is 10.0 Å². The van der Waals surface area contributed by atoms with Gasteiger partial charge < -0.3 is 9.80 Å². The molecule has 1 aromatic carbocycles. The zero-order valence-electron chi connectivity index (χ0n) is 17.5. The first-order valence-corrected chi connectivity index (χ1v) is 12.6. The molecule has 2 aliphatic heterocycles. The van der Waals surface area contributed by atoms with Gasteiger partial charge in [0.25, 0.3) is 0 Å². The Kier molecular flexibility index (Phi) is 6.40. The SMILES string of the molecule is CS(=O)(=O)Nc1ccn(C(=O)N2CCN(Cc3ccc(Cl)c(N4CCCC4)c3)CC2)n1. The van der Waals surface area contributed by atoms with Gasteiger partial charge in [-0.3, -0.25) is 9.62 Å². The summed E-state index contributed by atoms with van der Waals surface area (Å²) in [7, 11) is -3.43. The van der Waals surface area contributed by atoms with Gasteiger partial charge in [-0.05, 0) is 30.5 Å². The molecule has 4 rings (SSSR count). The smallest absolute Gasteiger partial charge is 0.344 e. The molecule has 2 fully saturated rings. The Bertz CT molecular complexity index is 1040. The molecule has 0 radical (unpaired) electrons. The number of hydrogen-bond donors (Lipinski definition) is 1. The van der Waals surface area contributed by atoms with E-state index in [1.807, 2.05) is 6.07 Å². The van der Waals surface area contributed by atoms with Crippen molar-refractivity contribution >= 4 is 39.2 Å². The molecule has 1 amide bonds. The van der Waals surface area contributed by atoms with E-state index in [-0.39, 0.29) is 11.8 Å². The molecule has 9 nitrogen and oxygen atoms in total. The van der Waals surface area contributed by atoms with Crippen LogP contribution in [-0.4, -0.2) is 79.6 Å². The van der Waals surface area contributed by atoms with Gasteiger partial charge in [0.15, 0.2) is 5.82 Å². The summed E-state index contributed by atoms with van der Waals surface area (Å²) in [5, 5.41) is 4.81. The maximum atomic E-state index is 12.7. The topological polar surface area (TPSA) is 90.8 Å². The van der Waals surface area contributed by atoms with E-state index in [1.165, 1.54) is 35.4 Å². The maximum absolute atomic E-state index is 12.7. The lowest BCUT2D eigenvalue weighted by molar-refractivity contribution is 0.134. The van der Waals surface area contributed by atoms with Crippen molar-refractivity contribution in [3.8, 4) is 0 Å². The molecule has 0 unspecified atom stereocenters. The summed E-state index contributed by atoms with van der Waals surface area (Å²) >= 11 is 6.42. The second-order valence-electron chi connectivity index (χ2n) is 8.05. The minimum absolute atomic E-state index is 0.131. The normalized spacial score (nSPS) is 17.9.